The number of ether oxygens (including phenoxy) is 1. The molecule has 0 saturated carbocycles. The number of pyridine rings is 1. The zero-order chi connectivity index (χ0) is 16.7. The van der Waals surface area contributed by atoms with E-state index in [4.69, 9.17) is 9.72 Å². The maximum atomic E-state index is 9.76. The predicted molar refractivity (Wildman–Crippen MR) is 94.1 cm³/mol. The van der Waals surface area contributed by atoms with Gasteiger partial charge in [0, 0.05) is 30.9 Å². The Morgan fingerprint density at radius 1 is 1.21 bits per heavy atom. The Balaban J connectivity index is 1.82. The Morgan fingerprint density at radius 3 is 2.88 bits per heavy atom. The number of benzene rings is 1. The summed E-state index contributed by atoms with van der Waals surface area (Å²) in [5.74, 6) is 1.28. The molecule has 1 aromatic carbocycles. The van der Waals surface area contributed by atoms with E-state index < -0.39 is 0 Å². The molecule has 0 spiro atoms. The van der Waals surface area contributed by atoms with Crippen LogP contribution in [0.2, 0.25) is 0 Å². The van der Waals surface area contributed by atoms with Crippen molar-refractivity contribution in [2.45, 2.75) is 13.0 Å². The van der Waals surface area contributed by atoms with Crippen molar-refractivity contribution in [2.24, 2.45) is 5.92 Å². The Bertz CT molecular complexity index is 813. The first-order chi connectivity index (χ1) is 11.7. The number of nitriles is 1. The normalized spacial score (nSPS) is 24.6. The molecule has 2 saturated heterocycles. The fourth-order valence-electron chi connectivity index (χ4n) is 3.95. The SMILES string of the molecule is Cc1c(C#N)c(N2C[C@@H]3COC[C@H](C2)N(C)C3)nc2ccccc12. The molecular formula is C19H22N4O. The second kappa shape index (κ2) is 6.04. The van der Waals surface area contributed by atoms with Crippen molar-refractivity contribution in [3.8, 4) is 6.07 Å². The van der Waals surface area contributed by atoms with E-state index in [-0.39, 0.29) is 0 Å². The lowest BCUT2D eigenvalue weighted by Crippen LogP contribution is -2.43. The first-order valence-electron chi connectivity index (χ1n) is 8.49. The van der Waals surface area contributed by atoms with E-state index in [2.05, 4.69) is 22.9 Å². The molecule has 0 aliphatic carbocycles. The van der Waals surface area contributed by atoms with Gasteiger partial charge in [0.15, 0.2) is 0 Å². The molecule has 2 bridgehead atoms. The molecule has 2 aliphatic rings. The van der Waals surface area contributed by atoms with Crippen LogP contribution in [-0.2, 0) is 4.74 Å². The van der Waals surface area contributed by atoms with Crippen molar-refractivity contribution in [2.75, 3.05) is 44.8 Å². The number of anilines is 1. The van der Waals surface area contributed by atoms with Crippen molar-refractivity contribution < 1.29 is 4.74 Å². The van der Waals surface area contributed by atoms with Crippen LogP contribution in [0.1, 0.15) is 11.1 Å². The van der Waals surface area contributed by atoms with Gasteiger partial charge >= 0.3 is 0 Å². The zero-order valence-corrected chi connectivity index (χ0v) is 14.2. The second-order valence-corrected chi connectivity index (χ2v) is 6.97. The molecule has 0 amide bonds. The van der Waals surface area contributed by atoms with E-state index >= 15 is 0 Å². The molecule has 2 aromatic rings. The van der Waals surface area contributed by atoms with Crippen LogP contribution in [0.3, 0.4) is 0 Å². The topological polar surface area (TPSA) is 52.4 Å². The molecule has 0 N–H and O–H groups in total. The number of hydrogen-bond donors (Lipinski definition) is 0. The summed E-state index contributed by atoms with van der Waals surface area (Å²) in [6.45, 7) is 6.34. The minimum atomic E-state index is 0.345. The molecule has 3 heterocycles. The highest BCUT2D eigenvalue weighted by molar-refractivity contribution is 5.87. The van der Waals surface area contributed by atoms with Crippen LogP contribution in [0.25, 0.3) is 10.9 Å². The Morgan fingerprint density at radius 2 is 2.04 bits per heavy atom. The maximum Gasteiger partial charge on any atom is 0.147 e. The number of likely N-dealkylation sites (N-methyl/N-ethyl adjacent to an activating group) is 1. The first kappa shape index (κ1) is 15.4. The third-order valence-electron chi connectivity index (χ3n) is 5.29. The molecule has 0 radical (unpaired) electrons. The summed E-state index contributed by atoms with van der Waals surface area (Å²) in [7, 11) is 2.17. The van der Waals surface area contributed by atoms with Gasteiger partial charge in [-0.25, -0.2) is 4.98 Å². The lowest BCUT2D eigenvalue weighted by molar-refractivity contribution is 0.0930. The Hall–Kier alpha value is -2.16. The number of para-hydroxylation sites is 1. The summed E-state index contributed by atoms with van der Waals surface area (Å²) in [4.78, 5) is 9.56. The number of aromatic nitrogens is 1. The number of aryl methyl sites for hydroxylation is 1. The summed E-state index contributed by atoms with van der Waals surface area (Å²) in [6, 6.07) is 10.8. The van der Waals surface area contributed by atoms with E-state index in [0.717, 1.165) is 55.1 Å². The van der Waals surface area contributed by atoms with Crippen molar-refractivity contribution >= 4 is 16.7 Å². The van der Waals surface area contributed by atoms with Gasteiger partial charge in [-0.1, -0.05) is 18.2 Å². The highest BCUT2D eigenvalue weighted by Crippen LogP contribution is 2.30. The third kappa shape index (κ3) is 2.52. The molecule has 2 aliphatic heterocycles. The van der Waals surface area contributed by atoms with Crippen LogP contribution in [-0.4, -0.2) is 55.8 Å². The van der Waals surface area contributed by atoms with Crippen LogP contribution in [0.5, 0.6) is 0 Å². The highest BCUT2D eigenvalue weighted by atomic mass is 16.5. The van der Waals surface area contributed by atoms with Crippen molar-refractivity contribution in [1.29, 1.82) is 5.26 Å². The smallest absolute Gasteiger partial charge is 0.147 e. The summed E-state index contributed by atoms with van der Waals surface area (Å²) < 4.78 is 5.81. The second-order valence-electron chi connectivity index (χ2n) is 6.97. The van der Waals surface area contributed by atoms with E-state index in [0.29, 0.717) is 17.5 Å². The van der Waals surface area contributed by atoms with Crippen molar-refractivity contribution in [3.05, 3.63) is 35.4 Å². The Kier molecular flexibility index (Phi) is 3.87. The molecule has 24 heavy (non-hydrogen) atoms. The summed E-state index contributed by atoms with van der Waals surface area (Å²) in [6.07, 6.45) is 0. The Labute approximate surface area is 142 Å². The molecule has 0 unspecified atom stereocenters. The minimum absolute atomic E-state index is 0.345. The third-order valence-corrected chi connectivity index (χ3v) is 5.29. The highest BCUT2D eigenvalue weighted by Gasteiger charge is 2.33. The van der Waals surface area contributed by atoms with Gasteiger partial charge in [-0.3, -0.25) is 4.90 Å². The van der Waals surface area contributed by atoms with Crippen LogP contribution in [0.4, 0.5) is 5.82 Å². The molecular weight excluding hydrogens is 300 g/mol. The molecule has 2 fully saturated rings. The van der Waals surface area contributed by atoms with Crippen LogP contribution >= 0.6 is 0 Å². The molecule has 4 rings (SSSR count). The van der Waals surface area contributed by atoms with Gasteiger partial charge in [-0.2, -0.15) is 5.26 Å². The number of fused-ring (bicyclic) bond motifs is 4. The monoisotopic (exact) mass is 322 g/mol. The quantitative estimate of drug-likeness (QED) is 0.805. The van der Waals surface area contributed by atoms with Gasteiger partial charge in [-0.15, -0.1) is 0 Å². The minimum Gasteiger partial charge on any atom is -0.379 e. The number of rotatable bonds is 1. The van der Waals surface area contributed by atoms with E-state index in [1.807, 2.05) is 31.2 Å². The molecule has 5 heteroatoms. The molecule has 2 atom stereocenters. The van der Waals surface area contributed by atoms with E-state index in [9.17, 15) is 5.26 Å². The standard InChI is InChI=1S/C19H22N4O/c1-13-16-5-3-4-6-18(16)21-19(17(13)7-20)23-9-14-8-22(2)15(10-23)12-24-11-14/h3-6,14-15H,8-12H2,1-2H3/t14-,15+/m1/s1. The fourth-order valence-corrected chi connectivity index (χ4v) is 3.95. The van der Waals surface area contributed by atoms with Crippen molar-refractivity contribution in [1.82, 2.24) is 9.88 Å². The van der Waals surface area contributed by atoms with E-state index in [1.165, 1.54) is 0 Å². The largest absolute Gasteiger partial charge is 0.379 e. The van der Waals surface area contributed by atoms with Crippen LogP contribution in [0.15, 0.2) is 24.3 Å². The number of nitrogens with zero attached hydrogens (tertiary/aromatic N) is 4. The van der Waals surface area contributed by atoms with Crippen molar-refractivity contribution in [3.63, 3.8) is 0 Å². The van der Waals surface area contributed by atoms with Crippen LogP contribution in [0, 0.1) is 24.2 Å². The molecule has 124 valence electrons. The first-order valence-corrected chi connectivity index (χ1v) is 8.49. The predicted octanol–water partition coefficient (Wildman–Crippen LogP) is 2.18. The van der Waals surface area contributed by atoms with Gasteiger partial charge in [0.1, 0.15) is 11.9 Å². The van der Waals surface area contributed by atoms with Gasteiger partial charge in [0.25, 0.3) is 0 Å². The van der Waals surface area contributed by atoms with Gasteiger partial charge in [-0.05, 0) is 25.6 Å². The molecule has 5 nitrogen and oxygen atoms in total. The van der Waals surface area contributed by atoms with E-state index in [1.54, 1.807) is 0 Å². The summed E-state index contributed by atoms with van der Waals surface area (Å²) in [5.41, 5.74) is 2.69. The van der Waals surface area contributed by atoms with Gasteiger partial charge in [0.05, 0.1) is 30.3 Å². The lowest BCUT2D eigenvalue weighted by atomic mass is 10.0. The summed E-state index contributed by atoms with van der Waals surface area (Å²) >= 11 is 0. The van der Waals surface area contributed by atoms with Gasteiger partial charge < -0.3 is 9.64 Å². The summed E-state index contributed by atoms with van der Waals surface area (Å²) in [5, 5.41) is 10.8. The molecule has 1 aromatic heterocycles. The maximum absolute atomic E-state index is 9.76. The lowest BCUT2D eigenvalue weighted by Gasteiger charge is -2.31. The average Bonchev–Trinajstić information content (AvgIpc) is 2.83. The number of hydrogen-bond acceptors (Lipinski definition) is 5. The van der Waals surface area contributed by atoms with Crippen LogP contribution < -0.4 is 4.90 Å². The van der Waals surface area contributed by atoms with Gasteiger partial charge in [0.2, 0.25) is 0 Å². The zero-order valence-electron chi connectivity index (χ0n) is 14.2. The fraction of sp³-hybridized carbons (Fsp3) is 0.474. The average molecular weight is 322 g/mol.